The van der Waals surface area contributed by atoms with Crippen LogP contribution in [-0.4, -0.2) is 48.4 Å². The molecule has 26 heavy (non-hydrogen) atoms. The summed E-state index contributed by atoms with van der Waals surface area (Å²) in [4.78, 5) is 29.4. The second-order valence-electron chi connectivity index (χ2n) is 7.84. The van der Waals surface area contributed by atoms with E-state index < -0.39 is 0 Å². The van der Waals surface area contributed by atoms with E-state index in [0.717, 1.165) is 63.1 Å². The number of benzene rings is 1. The highest BCUT2D eigenvalue weighted by molar-refractivity contribution is 5.82. The first-order chi connectivity index (χ1) is 12.7. The molecule has 1 atom stereocenters. The molecule has 0 unspecified atom stereocenters. The van der Waals surface area contributed by atoms with Crippen molar-refractivity contribution in [2.75, 3.05) is 26.7 Å². The molecule has 2 heterocycles. The van der Waals surface area contributed by atoms with Crippen LogP contribution < -0.4 is 4.74 Å². The molecule has 5 nitrogen and oxygen atoms in total. The molecule has 2 aliphatic heterocycles. The summed E-state index contributed by atoms with van der Waals surface area (Å²) in [5.74, 6) is 1.74. The molecule has 0 aromatic heterocycles. The molecule has 0 bridgehead atoms. The number of carbonyl (C=O) groups excluding carboxylic acids is 2. The van der Waals surface area contributed by atoms with E-state index in [1.807, 2.05) is 28.0 Å². The molecule has 140 valence electrons. The lowest BCUT2D eigenvalue weighted by Gasteiger charge is -2.44. The van der Waals surface area contributed by atoms with Crippen molar-refractivity contribution in [2.24, 2.45) is 11.8 Å². The third kappa shape index (κ3) is 3.19. The van der Waals surface area contributed by atoms with Crippen molar-refractivity contribution >= 4 is 11.8 Å². The van der Waals surface area contributed by atoms with Crippen LogP contribution in [0.1, 0.15) is 50.1 Å². The van der Waals surface area contributed by atoms with Gasteiger partial charge < -0.3 is 14.5 Å². The molecular weight excluding hydrogens is 328 g/mol. The maximum absolute atomic E-state index is 13.0. The lowest BCUT2D eigenvalue weighted by atomic mass is 9.83. The van der Waals surface area contributed by atoms with Crippen molar-refractivity contribution in [3.8, 4) is 5.75 Å². The van der Waals surface area contributed by atoms with Crippen LogP contribution in [0.4, 0.5) is 0 Å². The quantitative estimate of drug-likeness (QED) is 0.833. The van der Waals surface area contributed by atoms with Gasteiger partial charge in [-0.15, -0.1) is 0 Å². The highest BCUT2D eigenvalue weighted by Gasteiger charge is 2.39. The first kappa shape index (κ1) is 17.4. The van der Waals surface area contributed by atoms with Gasteiger partial charge in [0.1, 0.15) is 5.75 Å². The van der Waals surface area contributed by atoms with Crippen LogP contribution >= 0.6 is 0 Å². The molecule has 2 saturated heterocycles. The van der Waals surface area contributed by atoms with E-state index in [1.165, 1.54) is 6.42 Å². The Hall–Kier alpha value is -2.04. The van der Waals surface area contributed by atoms with Crippen LogP contribution in [0, 0.1) is 11.8 Å². The number of carbonyl (C=O) groups is 2. The number of likely N-dealkylation sites (tertiary alicyclic amines) is 2. The monoisotopic (exact) mass is 356 g/mol. The van der Waals surface area contributed by atoms with Crippen molar-refractivity contribution in [3.63, 3.8) is 0 Å². The van der Waals surface area contributed by atoms with Gasteiger partial charge >= 0.3 is 0 Å². The number of piperidine rings is 1. The predicted molar refractivity (Wildman–Crippen MR) is 98.7 cm³/mol. The first-order valence-electron chi connectivity index (χ1n) is 9.90. The van der Waals surface area contributed by atoms with Gasteiger partial charge in [0.25, 0.3) is 0 Å². The van der Waals surface area contributed by atoms with Crippen molar-refractivity contribution in [2.45, 2.75) is 44.6 Å². The predicted octanol–water partition coefficient (Wildman–Crippen LogP) is 3.01. The van der Waals surface area contributed by atoms with Gasteiger partial charge in [-0.1, -0.05) is 18.6 Å². The van der Waals surface area contributed by atoms with Gasteiger partial charge in [0.05, 0.1) is 13.2 Å². The van der Waals surface area contributed by atoms with Crippen LogP contribution in [0.3, 0.4) is 0 Å². The SMILES string of the molecule is COc1cccc([C@H]2CCN2C(=O)C2CCN(C(=O)C3CCC3)CC2)c1. The summed E-state index contributed by atoms with van der Waals surface area (Å²) in [5.41, 5.74) is 1.15. The Bertz CT molecular complexity index is 678. The second kappa shape index (κ2) is 7.29. The summed E-state index contributed by atoms with van der Waals surface area (Å²) in [6, 6.07) is 8.20. The molecule has 0 radical (unpaired) electrons. The number of hydrogen-bond acceptors (Lipinski definition) is 3. The largest absolute Gasteiger partial charge is 0.497 e. The molecule has 0 spiro atoms. The average Bonchev–Trinajstić information content (AvgIpc) is 2.59. The summed E-state index contributed by atoms with van der Waals surface area (Å²) in [6.45, 7) is 2.31. The zero-order valence-electron chi connectivity index (χ0n) is 15.5. The Morgan fingerprint density at radius 2 is 1.69 bits per heavy atom. The average molecular weight is 356 g/mol. The number of methoxy groups -OCH3 is 1. The van der Waals surface area contributed by atoms with E-state index in [1.54, 1.807) is 7.11 Å². The van der Waals surface area contributed by atoms with Gasteiger partial charge in [-0.05, 0) is 49.8 Å². The number of ether oxygens (including phenoxy) is 1. The van der Waals surface area contributed by atoms with E-state index in [2.05, 4.69) is 6.07 Å². The van der Waals surface area contributed by atoms with Gasteiger partial charge in [-0.2, -0.15) is 0 Å². The summed E-state index contributed by atoms with van der Waals surface area (Å²) in [7, 11) is 1.67. The van der Waals surface area contributed by atoms with Crippen LogP contribution in [0.15, 0.2) is 24.3 Å². The number of hydrogen-bond donors (Lipinski definition) is 0. The Labute approximate surface area is 155 Å². The Balaban J connectivity index is 1.34. The third-order valence-electron chi connectivity index (χ3n) is 6.39. The first-order valence-corrected chi connectivity index (χ1v) is 9.90. The Morgan fingerprint density at radius 3 is 2.27 bits per heavy atom. The number of rotatable bonds is 4. The van der Waals surface area contributed by atoms with Crippen LogP contribution in [0.2, 0.25) is 0 Å². The fourth-order valence-corrected chi connectivity index (χ4v) is 4.34. The molecule has 4 rings (SSSR count). The lowest BCUT2D eigenvalue weighted by Crippen LogP contribution is -2.51. The second-order valence-corrected chi connectivity index (χ2v) is 7.84. The lowest BCUT2D eigenvalue weighted by molar-refractivity contribution is -0.148. The Morgan fingerprint density at radius 1 is 0.962 bits per heavy atom. The molecular formula is C21H28N2O3. The standard InChI is InChI=1S/C21H28N2O3/c1-26-18-7-3-6-17(14-18)19-10-13-23(19)21(25)16-8-11-22(12-9-16)20(24)15-4-2-5-15/h3,6-7,14-16,19H,2,4-5,8-13H2,1H3/t19-/m1/s1. The normalized spacial score (nSPS) is 24.0. The minimum atomic E-state index is 0.0637. The maximum atomic E-state index is 13.0. The zero-order chi connectivity index (χ0) is 18.1. The summed E-state index contributed by atoms with van der Waals surface area (Å²) < 4.78 is 5.31. The van der Waals surface area contributed by atoms with E-state index in [-0.39, 0.29) is 23.8 Å². The van der Waals surface area contributed by atoms with Crippen LogP contribution in [0.25, 0.3) is 0 Å². The van der Waals surface area contributed by atoms with E-state index in [9.17, 15) is 9.59 Å². The zero-order valence-corrected chi connectivity index (χ0v) is 15.5. The van der Waals surface area contributed by atoms with Crippen LogP contribution in [0.5, 0.6) is 5.75 Å². The van der Waals surface area contributed by atoms with E-state index in [0.29, 0.717) is 5.91 Å². The van der Waals surface area contributed by atoms with Crippen molar-refractivity contribution in [1.29, 1.82) is 0 Å². The summed E-state index contributed by atoms with van der Waals surface area (Å²) in [5, 5.41) is 0. The van der Waals surface area contributed by atoms with Gasteiger partial charge in [-0.3, -0.25) is 9.59 Å². The molecule has 0 N–H and O–H groups in total. The molecule has 3 fully saturated rings. The minimum absolute atomic E-state index is 0.0637. The number of nitrogens with zero attached hydrogens (tertiary/aromatic N) is 2. The molecule has 3 aliphatic rings. The fraction of sp³-hybridized carbons (Fsp3) is 0.619. The van der Waals surface area contributed by atoms with Crippen molar-refractivity contribution in [3.05, 3.63) is 29.8 Å². The van der Waals surface area contributed by atoms with Gasteiger partial charge in [0.2, 0.25) is 11.8 Å². The maximum Gasteiger partial charge on any atom is 0.226 e. The van der Waals surface area contributed by atoms with Crippen LogP contribution in [-0.2, 0) is 9.59 Å². The highest BCUT2D eigenvalue weighted by Crippen LogP contribution is 2.37. The molecule has 1 aromatic carbocycles. The highest BCUT2D eigenvalue weighted by atomic mass is 16.5. The molecule has 2 amide bonds. The topological polar surface area (TPSA) is 49.9 Å². The van der Waals surface area contributed by atoms with Gasteiger partial charge in [0, 0.05) is 31.5 Å². The smallest absolute Gasteiger partial charge is 0.226 e. The molecule has 1 aliphatic carbocycles. The summed E-state index contributed by atoms with van der Waals surface area (Å²) in [6.07, 6.45) is 5.91. The van der Waals surface area contributed by atoms with E-state index in [4.69, 9.17) is 4.74 Å². The van der Waals surface area contributed by atoms with Crippen molar-refractivity contribution < 1.29 is 14.3 Å². The fourth-order valence-electron chi connectivity index (χ4n) is 4.34. The Kier molecular flexibility index (Phi) is 4.88. The van der Waals surface area contributed by atoms with Gasteiger partial charge in [0.15, 0.2) is 0 Å². The minimum Gasteiger partial charge on any atom is -0.497 e. The summed E-state index contributed by atoms with van der Waals surface area (Å²) >= 11 is 0. The number of amides is 2. The third-order valence-corrected chi connectivity index (χ3v) is 6.39. The molecule has 1 saturated carbocycles. The van der Waals surface area contributed by atoms with E-state index >= 15 is 0 Å². The van der Waals surface area contributed by atoms with Crippen molar-refractivity contribution in [1.82, 2.24) is 9.80 Å². The molecule has 5 heteroatoms. The van der Waals surface area contributed by atoms with Gasteiger partial charge in [-0.25, -0.2) is 0 Å². The molecule has 1 aromatic rings.